The first-order valence-electron chi connectivity index (χ1n) is 5.37. The minimum Gasteiger partial charge on any atom is -0.489 e. The van der Waals surface area contributed by atoms with Gasteiger partial charge in [0.05, 0.1) is 11.0 Å². The molecule has 0 N–H and O–H groups in total. The summed E-state index contributed by atoms with van der Waals surface area (Å²) in [4.78, 5) is 10.2. The van der Waals surface area contributed by atoms with Crippen LogP contribution in [0.15, 0.2) is 42.5 Å². The zero-order chi connectivity index (χ0) is 13.8. The van der Waals surface area contributed by atoms with Gasteiger partial charge >= 0.3 is 0 Å². The fourth-order valence-electron chi connectivity index (χ4n) is 1.47. The zero-order valence-electron chi connectivity index (χ0n) is 9.68. The third-order valence-electron chi connectivity index (χ3n) is 2.43. The highest BCUT2D eigenvalue weighted by Gasteiger charge is 2.13. The molecule has 0 aliphatic carbocycles. The van der Waals surface area contributed by atoms with Gasteiger partial charge in [-0.25, -0.2) is 0 Å². The largest absolute Gasteiger partial charge is 0.489 e. The third kappa shape index (κ3) is 3.59. The molecule has 0 spiro atoms. The maximum absolute atomic E-state index is 10.7. The summed E-state index contributed by atoms with van der Waals surface area (Å²) < 4.78 is 5.47. The minimum atomic E-state index is -0.544. The number of ether oxygens (including phenoxy) is 1. The van der Waals surface area contributed by atoms with Gasteiger partial charge in [0, 0.05) is 5.02 Å². The smallest absolute Gasteiger partial charge is 0.291 e. The van der Waals surface area contributed by atoms with Crippen molar-refractivity contribution in [1.29, 1.82) is 0 Å². The summed E-state index contributed by atoms with van der Waals surface area (Å²) in [5.74, 6) is 0.394. The molecule has 98 valence electrons. The molecule has 0 bridgehead atoms. The molecule has 2 aromatic rings. The molecule has 2 rings (SSSR count). The highest BCUT2D eigenvalue weighted by molar-refractivity contribution is 6.32. The molecule has 0 aromatic heterocycles. The van der Waals surface area contributed by atoms with Crippen molar-refractivity contribution in [2.45, 2.75) is 6.61 Å². The Morgan fingerprint density at radius 2 is 1.79 bits per heavy atom. The zero-order valence-corrected chi connectivity index (χ0v) is 11.2. The fourth-order valence-corrected chi connectivity index (χ4v) is 1.78. The second-order valence-corrected chi connectivity index (χ2v) is 4.63. The number of halogens is 2. The summed E-state index contributed by atoms with van der Waals surface area (Å²) in [6.07, 6.45) is 0. The summed E-state index contributed by atoms with van der Waals surface area (Å²) in [5.41, 5.74) is 0.747. The molecule has 0 amide bonds. The van der Waals surface area contributed by atoms with Gasteiger partial charge in [0.15, 0.2) is 0 Å². The van der Waals surface area contributed by atoms with E-state index in [0.717, 1.165) is 5.56 Å². The minimum absolute atomic E-state index is 0.0869. The quantitative estimate of drug-likeness (QED) is 0.617. The molecule has 0 aliphatic rings. The van der Waals surface area contributed by atoms with Crippen LogP contribution in [0.4, 0.5) is 5.69 Å². The molecule has 0 heterocycles. The van der Waals surface area contributed by atoms with Crippen LogP contribution < -0.4 is 4.74 Å². The lowest BCUT2D eigenvalue weighted by Crippen LogP contribution is -1.96. The predicted octanol–water partition coefficient (Wildman–Crippen LogP) is 4.48. The van der Waals surface area contributed by atoms with Crippen molar-refractivity contribution in [3.8, 4) is 5.75 Å². The van der Waals surface area contributed by atoms with Gasteiger partial charge in [-0.05, 0) is 29.8 Å². The Balaban J connectivity index is 2.09. The molecular formula is C13H9Cl2NO3. The molecule has 0 saturated carbocycles. The molecule has 0 unspecified atom stereocenters. The second-order valence-electron chi connectivity index (χ2n) is 3.79. The number of rotatable bonds is 4. The van der Waals surface area contributed by atoms with Gasteiger partial charge in [0.25, 0.3) is 5.69 Å². The van der Waals surface area contributed by atoms with Gasteiger partial charge in [-0.1, -0.05) is 35.3 Å². The van der Waals surface area contributed by atoms with Crippen LogP contribution in [0.1, 0.15) is 5.56 Å². The summed E-state index contributed by atoms with van der Waals surface area (Å²) in [6, 6.07) is 11.5. The van der Waals surface area contributed by atoms with E-state index < -0.39 is 4.92 Å². The predicted molar refractivity (Wildman–Crippen MR) is 73.9 cm³/mol. The number of hydrogen-bond acceptors (Lipinski definition) is 3. The lowest BCUT2D eigenvalue weighted by molar-refractivity contribution is -0.384. The summed E-state index contributed by atoms with van der Waals surface area (Å²) in [7, 11) is 0. The van der Waals surface area contributed by atoms with Gasteiger partial charge in [0.1, 0.15) is 17.4 Å². The van der Waals surface area contributed by atoms with Gasteiger partial charge < -0.3 is 4.74 Å². The Morgan fingerprint density at radius 1 is 1.11 bits per heavy atom. The van der Waals surface area contributed by atoms with E-state index in [4.69, 9.17) is 27.9 Å². The van der Waals surface area contributed by atoms with Gasteiger partial charge in [0.2, 0.25) is 0 Å². The molecule has 0 saturated heterocycles. The van der Waals surface area contributed by atoms with E-state index in [-0.39, 0.29) is 10.7 Å². The maximum Gasteiger partial charge on any atom is 0.291 e. The second kappa shape index (κ2) is 5.91. The first-order chi connectivity index (χ1) is 9.06. The Morgan fingerprint density at radius 3 is 2.42 bits per heavy atom. The Kier molecular flexibility index (Phi) is 4.24. The molecule has 0 fully saturated rings. The average molecular weight is 298 g/mol. The molecule has 0 aliphatic heterocycles. The van der Waals surface area contributed by atoms with E-state index in [1.807, 2.05) is 12.1 Å². The third-order valence-corrected chi connectivity index (χ3v) is 3.00. The van der Waals surface area contributed by atoms with E-state index in [0.29, 0.717) is 17.4 Å². The molecule has 6 heteroatoms. The standard InChI is InChI=1S/C13H9Cl2NO3/c14-10-3-1-9(2-4-10)8-19-11-5-6-12(15)13(7-11)16(17)18/h1-7H,8H2. The van der Waals surface area contributed by atoms with Crippen molar-refractivity contribution in [3.63, 3.8) is 0 Å². The number of nitro groups is 1. The van der Waals surface area contributed by atoms with Crippen molar-refractivity contribution in [1.82, 2.24) is 0 Å². The van der Waals surface area contributed by atoms with Crippen LogP contribution >= 0.6 is 23.2 Å². The monoisotopic (exact) mass is 297 g/mol. The normalized spacial score (nSPS) is 10.2. The average Bonchev–Trinajstić information content (AvgIpc) is 2.39. The summed E-state index contributed by atoms with van der Waals surface area (Å²) >= 11 is 11.5. The highest BCUT2D eigenvalue weighted by atomic mass is 35.5. The summed E-state index contributed by atoms with van der Waals surface area (Å²) in [5, 5.41) is 11.5. The van der Waals surface area contributed by atoms with E-state index in [2.05, 4.69) is 0 Å². The molecule has 2 aromatic carbocycles. The van der Waals surface area contributed by atoms with Gasteiger partial charge in [-0.15, -0.1) is 0 Å². The number of nitro benzene ring substituents is 1. The Labute approximate surface area is 119 Å². The van der Waals surface area contributed by atoms with Gasteiger partial charge in [-0.3, -0.25) is 10.1 Å². The topological polar surface area (TPSA) is 52.4 Å². The molecule has 0 radical (unpaired) electrons. The fraction of sp³-hybridized carbons (Fsp3) is 0.0769. The van der Waals surface area contributed by atoms with Crippen LogP contribution in [0.5, 0.6) is 5.75 Å². The molecular weight excluding hydrogens is 289 g/mol. The SMILES string of the molecule is O=[N+]([O-])c1cc(OCc2ccc(Cl)cc2)ccc1Cl. The van der Waals surface area contributed by atoms with Crippen molar-refractivity contribution in [3.05, 3.63) is 68.2 Å². The number of nitrogens with zero attached hydrogens (tertiary/aromatic N) is 1. The van der Waals surface area contributed by atoms with Crippen molar-refractivity contribution in [2.75, 3.05) is 0 Å². The van der Waals surface area contributed by atoms with Crippen molar-refractivity contribution < 1.29 is 9.66 Å². The van der Waals surface area contributed by atoms with Crippen molar-refractivity contribution in [2.24, 2.45) is 0 Å². The number of hydrogen-bond donors (Lipinski definition) is 0. The molecule has 4 nitrogen and oxygen atoms in total. The van der Waals surface area contributed by atoms with Crippen LogP contribution in [-0.4, -0.2) is 4.92 Å². The maximum atomic E-state index is 10.7. The molecule has 0 atom stereocenters. The van der Waals surface area contributed by atoms with Crippen LogP contribution in [0.3, 0.4) is 0 Å². The van der Waals surface area contributed by atoms with Gasteiger partial charge in [-0.2, -0.15) is 0 Å². The lowest BCUT2D eigenvalue weighted by atomic mass is 10.2. The lowest BCUT2D eigenvalue weighted by Gasteiger charge is -2.06. The van der Waals surface area contributed by atoms with E-state index in [9.17, 15) is 10.1 Å². The van der Waals surface area contributed by atoms with Crippen molar-refractivity contribution >= 4 is 28.9 Å². The highest BCUT2D eigenvalue weighted by Crippen LogP contribution is 2.28. The molecule has 19 heavy (non-hydrogen) atoms. The van der Waals surface area contributed by atoms with E-state index in [1.54, 1.807) is 18.2 Å². The van der Waals surface area contributed by atoms with E-state index >= 15 is 0 Å². The summed E-state index contributed by atoms with van der Waals surface area (Å²) in [6.45, 7) is 0.302. The Bertz CT molecular complexity index is 599. The van der Waals surface area contributed by atoms with Crippen LogP contribution in [0, 0.1) is 10.1 Å². The van der Waals surface area contributed by atoms with E-state index in [1.165, 1.54) is 12.1 Å². The first-order valence-corrected chi connectivity index (χ1v) is 6.13. The van der Waals surface area contributed by atoms with Crippen LogP contribution in [0.2, 0.25) is 10.0 Å². The van der Waals surface area contributed by atoms with Crippen LogP contribution in [0.25, 0.3) is 0 Å². The Hall–Kier alpha value is -1.78. The van der Waals surface area contributed by atoms with Crippen LogP contribution in [-0.2, 0) is 6.61 Å². The first kappa shape index (κ1) is 13.6. The number of benzene rings is 2.